The van der Waals surface area contributed by atoms with Gasteiger partial charge in [-0.2, -0.15) is 11.8 Å². The van der Waals surface area contributed by atoms with Gasteiger partial charge in [0.15, 0.2) is 0 Å². The lowest BCUT2D eigenvalue weighted by Gasteiger charge is -2.12. The fourth-order valence-corrected chi connectivity index (χ4v) is 2.56. The van der Waals surface area contributed by atoms with E-state index in [0.717, 1.165) is 17.9 Å². The Hall–Kier alpha value is -2.05. The van der Waals surface area contributed by atoms with E-state index in [1.54, 1.807) is 30.1 Å². The van der Waals surface area contributed by atoms with Gasteiger partial charge >= 0.3 is 0 Å². The molecule has 0 bridgehead atoms. The van der Waals surface area contributed by atoms with Gasteiger partial charge in [0.2, 0.25) is 11.8 Å². The fraction of sp³-hybridized carbons (Fsp3) is 0.333. The van der Waals surface area contributed by atoms with Crippen molar-refractivity contribution in [1.82, 2.24) is 4.98 Å². The summed E-state index contributed by atoms with van der Waals surface area (Å²) in [5, 5.41) is 2.77. The van der Waals surface area contributed by atoms with Crippen LogP contribution in [0.25, 0.3) is 0 Å². The van der Waals surface area contributed by atoms with Crippen molar-refractivity contribution in [2.24, 2.45) is 5.73 Å². The highest BCUT2D eigenvalue weighted by Gasteiger charge is 2.13. The third-order valence-electron chi connectivity index (χ3n) is 3.50. The van der Waals surface area contributed by atoms with Crippen molar-refractivity contribution >= 4 is 23.4 Å². The first kappa shape index (κ1) is 18.3. The molecule has 0 saturated carbocycles. The zero-order valence-corrected chi connectivity index (χ0v) is 14.8. The number of hydrogen-bond donors (Lipinski definition) is 2. The molecule has 1 atom stereocenters. The van der Waals surface area contributed by atoms with Crippen molar-refractivity contribution in [3.63, 3.8) is 0 Å². The van der Waals surface area contributed by atoms with Gasteiger partial charge in [-0.1, -0.05) is 19.1 Å². The highest BCUT2D eigenvalue weighted by atomic mass is 32.2. The number of carbonyl (C=O) groups excluding carboxylic acids is 1. The molecule has 1 aromatic carbocycles. The lowest BCUT2D eigenvalue weighted by atomic mass is 10.2. The van der Waals surface area contributed by atoms with Crippen molar-refractivity contribution in [2.45, 2.75) is 25.8 Å². The Kier molecular flexibility index (Phi) is 7.08. The molecule has 0 aliphatic carbocycles. The summed E-state index contributed by atoms with van der Waals surface area (Å²) in [6.45, 7) is 2.10. The van der Waals surface area contributed by atoms with Gasteiger partial charge in [-0.3, -0.25) is 4.79 Å². The second kappa shape index (κ2) is 9.30. The number of anilines is 1. The first-order chi connectivity index (χ1) is 11.6. The molecule has 2 aromatic rings. The number of aromatic nitrogens is 1. The van der Waals surface area contributed by atoms with E-state index >= 15 is 0 Å². The number of benzene rings is 1. The quantitative estimate of drug-likeness (QED) is 0.766. The SMILES string of the molecule is CCc1cccc(Oc2ccc(NC(=O)[C@@H](N)CCSC)cn2)c1. The number of pyridine rings is 1. The van der Waals surface area contributed by atoms with Gasteiger partial charge in [0, 0.05) is 6.07 Å². The summed E-state index contributed by atoms with van der Waals surface area (Å²) >= 11 is 1.67. The van der Waals surface area contributed by atoms with E-state index in [-0.39, 0.29) is 5.91 Å². The van der Waals surface area contributed by atoms with Crippen molar-refractivity contribution in [3.05, 3.63) is 48.2 Å². The van der Waals surface area contributed by atoms with Crippen LogP contribution in [0.15, 0.2) is 42.6 Å². The minimum Gasteiger partial charge on any atom is -0.439 e. The molecule has 1 heterocycles. The van der Waals surface area contributed by atoms with Crippen LogP contribution in [0.3, 0.4) is 0 Å². The maximum absolute atomic E-state index is 12.0. The number of nitrogens with zero attached hydrogens (tertiary/aromatic N) is 1. The summed E-state index contributed by atoms with van der Waals surface area (Å²) in [6.07, 6.45) is 5.16. The van der Waals surface area contributed by atoms with Crippen LogP contribution in [0.1, 0.15) is 18.9 Å². The number of rotatable bonds is 8. The lowest BCUT2D eigenvalue weighted by molar-refractivity contribution is -0.117. The predicted molar refractivity (Wildman–Crippen MR) is 99.7 cm³/mol. The predicted octanol–water partition coefficient (Wildman–Crippen LogP) is 3.46. The molecule has 1 amide bonds. The Morgan fingerprint density at radius 1 is 1.38 bits per heavy atom. The average Bonchev–Trinajstić information content (AvgIpc) is 2.61. The van der Waals surface area contributed by atoms with Crippen molar-refractivity contribution in [3.8, 4) is 11.6 Å². The minimum absolute atomic E-state index is 0.199. The third kappa shape index (κ3) is 5.54. The molecule has 0 fully saturated rings. The van der Waals surface area contributed by atoms with Crippen LogP contribution in [-0.2, 0) is 11.2 Å². The molecule has 5 nitrogen and oxygen atoms in total. The lowest BCUT2D eigenvalue weighted by Crippen LogP contribution is -2.36. The molecule has 0 spiro atoms. The number of thioether (sulfide) groups is 1. The monoisotopic (exact) mass is 345 g/mol. The molecule has 0 unspecified atom stereocenters. The molecular formula is C18H23N3O2S. The largest absolute Gasteiger partial charge is 0.439 e. The maximum Gasteiger partial charge on any atom is 0.241 e. The molecule has 3 N–H and O–H groups in total. The molecule has 128 valence electrons. The highest BCUT2D eigenvalue weighted by Crippen LogP contribution is 2.21. The van der Waals surface area contributed by atoms with Crippen LogP contribution >= 0.6 is 11.8 Å². The Morgan fingerprint density at radius 2 is 2.21 bits per heavy atom. The van der Waals surface area contributed by atoms with Crippen LogP contribution < -0.4 is 15.8 Å². The van der Waals surface area contributed by atoms with Crippen molar-refractivity contribution < 1.29 is 9.53 Å². The number of nitrogens with two attached hydrogens (primary N) is 1. The van der Waals surface area contributed by atoms with Gasteiger partial charge in [-0.05, 0) is 48.6 Å². The summed E-state index contributed by atoms with van der Waals surface area (Å²) in [5.74, 6) is 1.89. The minimum atomic E-state index is -0.509. The van der Waals surface area contributed by atoms with Crippen molar-refractivity contribution in [2.75, 3.05) is 17.3 Å². The first-order valence-corrected chi connectivity index (χ1v) is 9.30. The first-order valence-electron chi connectivity index (χ1n) is 7.90. The summed E-state index contributed by atoms with van der Waals surface area (Å²) in [4.78, 5) is 16.2. The standard InChI is InChI=1S/C18H23N3O2S/c1-3-13-5-4-6-15(11-13)23-17-8-7-14(12-20-17)21-18(22)16(19)9-10-24-2/h4-8,11-12,16H,3,9-10,19H2,1-2H3,(H,21,22)/t16-/m0/s1. The Labute approximate surface area is 147 Å². The number of nitrogens with one attached hydrogen (secondary N) is 1. The molecule has 0 aliphatic rings. The van der Waals surface area contributed by atoms with E-state index in [1.165, 1.54) is 5.56 Å². The van der Waals surface area contributed by atoms with Crippen LogP contribution in [0.2, 0.25) is 0 Å². The molecule has 2 rings (SSSR count). The topological polar surface area (TPSA) is 77.2 Å². The van der Waals surface area contributed by atoms with E-state index in [1.807, 2.05) is 24.5 Å². The molecule has 0 radical (unpaired) electrons. The van der Waals surface area contributed by atoms with E-state index in [9.17, 15) is 4.79 Å². The zero-order chi connectivity index (χ0) is 17.4. The zero-order valence-electron chi connectivity index (χ0n) is 14.0. The number of carbonyl (C=O) groups is 1. The molecule has 24 heavy (non-hydrogen) atoms. The smallest absolute Gasteiger partial charge is 0.241 e. The van der Waals surface area contributed by atoms with E-state index < -0.39 is 6.04 Å². The maximum atomic E-state index is 12.0. The van der Waals surface area contributed by atoms with Gasteiger partial charge < -0.3 is 15.8 Å². The van der Waals surface area contributed by atoms with Gasteiger partial charge in [0.1, 0.15) is 5.75 Å². The van der Waals surface area contributed by atoms with Crippen molar-refractivity contribution in [1.29, 1.82) is 0 Å². The Morgan fingerprint density at radius 3 is 2.88 bits per heavy atom. The van der Waals surface area contributed by atoms with Crippen LogP contribution in [0, 0.1) is 0 Å². The molecule has 0 aliphatic heterocycles. The number of hydrogen-bond acceptors (Lipinski definition) is 5. The Balaban J connectivity index is 1.93. The number of amides is 1. The van der Waals surface area contributed by atoms with E-state index in [4.69, 9.17) is 10.5 Å². The van der Waals surface area contributed by atoms with Gasteiger partial charge in [-0.15, -0.1) is 0 Å². The average molecular weight is 345 g/mol. The highest BCUT2D eigenvalue weighted by molar-refractivity contribution is 7.98. The molecular weight excluding hydrogens is 322 g/mol. The third-order valence-corrected chi connectivity index (χ3v) is 4.15. The second-order valence-electron chi connectivity index (χ2n) is 5.37. The van der Waals surface area contributed by atoms with Crippen LogP contribution in [-0.4, -0.2) is 28.9 Å². The van der Waals surface area contributed by atoms with Gasteiger partial charge in [0.05, 0.1) is 17.9 Å². The Bertz CT molecular complexity index is 662. The second-order valence-corrected chi connectivity index (χ2v) is 6.35. The molecule has 0 saturated heterocycles. The van der Waals surface area contributed by atoms with Gasteiger partial charge in [-0.25, -0.2) is 4.98 Å². The normalized spacial score (nSPS) is 11.8. The van der Waals surface area contributed by atoms with Crippen LogP contribution in [0.4, 0.5) is 5.69 Å². The summed E-state index contributed by atoms with van der Waals surface area (Å²) in [5.41, 5.74) is 7.65. The number of ether oxygens (including phenoxy) is 1. The van der Waals surface area contributed by atoms with E-state index in [2.05, 4.69) is 23.3 Å². The summed E-state index contributed by atoms with van der Waals surface area (Å²) in [6, 6.07) is 10.9. The summed E-state index contributed by atoms with van der Waals surface area (Å²) in [7, 11) is 0. The molecule has 1 aromatic heterocycles. The molecule has 6 heteroatoms. The van der Waals surface area contributed by atoms with Crippen LogP contribution in [0.5, 0.6) is 11.6 Å². The summed E-state index contributed by atoms with van der Waals surface area (Å²) < 4.78 is 5.73. The van der Waals surface area contributed by atoms with E-state index in [0.29, 0.717) is 18.0 Å². The fourth-order valence-electron chi connectivity index (χ4n) is 2.08. The number of aryl methyl sites for hydroxylation is 1. The van der Waals surface area contributed by atoms with Gasteiger partial charge in [0.25, 0.3) is 0 Å².